The third-order valence-corrected chi connectivity index (χ3v) is 13.1. The molecular weight excluding hydrogens is 325 g/mol. The zero-order valence-corrected chi connectivity index (χ0v) is 12.7. The predicted molar refractivity (Wildman–Crippen MR) is 69.6 cm³/mol. The summed E-state index contributed by atoms with van der Waals surface area (Å²) < 4.78 is 28.6. The minimum absolute atomic E-state index is 0.219. The molecule has 0 N–H and O–H groups in total. The number of rotatable bonds is 2. The molecule has 0 saturated carbocycles. The van der Waals surface area contributed by atoms with Crippen LogP contribution in [0.4, 0.5) is 8.78 Å². The molecule has 2 aromatic rings. The summed E-state index contributed by atoms with van der Waals surface area (Å²) in [6, 6.07) is 13.4. The van der Waals surface area contributed by atoms with E-state index < -0.39 is 18.4 Å². The number of halogens is 2. The summed E-state index contributed by atoms with van der Waals surface area (Å²) >= 11 is -2.81. The molecule has 0 unspecified atom stereocenters. The van der Waals surface area contributed by atoms with Crippen molar-refractivity contribution in [1.29, 1.82) is 0 Å². The van der Waals surface area contributed by atoms with Crippen molar-refractivity contribution in [1.82, 2.24) is 0 Å². The third-order valence-electron chi connectivity index (χ3n) is 3.09. The van der Waals surface area contributed by atoms with Crippen molar-refractivity contribution in [2.75, 3.05) is 0 Å². The molecule has 0 aliphatic heterocycles. The van der Waals surface area contributed by atoms with Gasteiger partial charge in [0.15, 0.2) is 0 Å². The molecule has 0 aliphatic rings. The Morgan fingerprint density at radius 1 is 0.765 bits per heavy atom. The van der Waals surface area contributed by atoms with E-state index in [9.17, 15) is 8.78 Å². The summed E-state index contributed by atoms with van der Waals surface area (Å²) in [5.74, 6) is -0.438. The van der Waals surface area contributed by atoms with Crippen LogP contribution < -0.4 is 7.16 Å². The Balaban J connectivity index is 2.49. The summed E-state index contributed by atoms with van der Waals surface area (Å²) in [4.78, 5) is 4.33. The van der Waals surface area contributed by atoms with Gasteiger partial charge in [0.1, 0.15) is 0 Å². The summed E-state index contributed by atoms with van der Waals surface area (Å²) in [6.07, 6.45) is 0. The van der Waals surface area contributed by atoms with Gasteiger partial charge in [0.25, 0.3) is 0 Å². The maximum absolute atomic E-state index is 13.3. The molecule has 3 heteroatoms. The second-order valence-electron chi connectivity index (χ2n) is 4.65. The zero-order chi connectivity index (χ0) is 12.5. The van der Waals surface area contributed by atoms with Crippen LogP contribution in [0.3, 0.4) is 0 Å². The van der Waals surface area contributed by atoms with Crippen LogP contribution >= 0.6 is 0 Å². The Hall–Kier alpha value is -0.901. The fourth-order valence-electron chi connectivity index (χ4n) is 1.92. The molecule has 0 heterocycles. The quantitative estimate of drug-likeness (QED) is 0.739. The molecule has 0 spiro atoms. The van der Waals surface area contributed by atoms with Crippen LogP contribution in [0.1, 0.15) is 0 Å². The molecule has 2 rings (SSSR count). The number of hydrogen-bond donors (Lipinski definition) is 0. The van der Waals surface area contributed by atoms with Crippen LogP contribution in [0.2, 0.25) is 9.88 Å². The molecule has 0 aliphatic carbocycles. The van der Waals surface area contributed by atoms with Crippen LogP contribution in [-0.2, 0) is 0 Å². The van der Waals surface area contributed by atoms with Gasteiger partial charge in [0.2, 0.25) is 0 Å². The van der Waals surface area contributed by atoms with Gasteiger partial charge in [-0.05, 0) is 0 Å². The van der Waals surface area contributed by atoms with Gasteiger partial charge in [-0.2, -0.15) is 0 Å². The van der Waals surface area contributed by atoms with Gasteiger partial charge in [0, 0.05) is 0 Å². The van der Waals surface area contributed by atoms with Crippen molar-refractivity contribution >= 4 is 25.5 Å². The minimum atomic E-state index is -2.81. The zero-order valence-electron chi connectivity index (χ0n) is 9.87. The van der Waals surface area contributed by atoms with Gasteiger partial charge >= 0.3 is 104 Å². The Morgan fingerprint density at radius 3 is 1.53 bits per heavy atom. The predicted octanol–water partition coefficient (Wildman–Crippen LogP) is 2.79. The maximum atomic E-state index is 13.3. The standard InChI is InChI=1S/2C6H4F.2CH3.Sn/c2*7-6-4-2-1-3-5-6;;;/h2*1-2,4-5H;2*1H3;. The molecular formula is C14H14F2Sn. The topological polar surface area (TPSA) is 0 Å². The van der Waals surface area contributed by atoms with Gasteiger partial charge in [-0.25, -0.2) is 0 Å². The van der Waals surface area contributed by atoms with E-state index in [2.05, 4.69) is 9.88 Å². The fourth-order valence-corrected chi connectivity index (χ4v) is 8.65. The summed E-state index contributed by atoms with van der Waals surface area (Å²) in [6.45, 7) is 0. The molecule has 0 bridgehead atoms. The van der Waals surface area contributed by atoms with Gasteiger partial charge in [-0.3, -0.25) is 0 Å². The van der Waals surface area contributed by atoms with E-state index in [0.29, 0.717) is 0 Å². The summed E-state index contributed by atoms with van der Waals surface area (Å²) in [7, 11) is 0. The third kappa shape index (κ3) is 2.68. The molecule has 0 fully saturated rings. The van der Waals surface area contributed by atoms with Crippen molar-refractivity contribution in [3.8, 4) is 0 Å². The molecule has 0 nitrogen and oxygen atoms in total. The van der Waals surface area contributed by atoms with E-state index >= 15 is 0 Å². The number of hydrogen-bond acceptors (Lipinski definition) is 0. The normalized spacial score (nSPS) is 11.5. The van der Waals surface area contributed by atoms with Crippen molar-refractivity contribution in [2.45, 2.75) is 9.88 Å². The molecule has 0 amide bonds. The van der Waals surface area contributed by atoms with Crippen LogP contribution in [-0.4, -0.2) is 18.4 Å². The SMILES string of the molecule is [CH3][Sn]([CH3])([c]1cccc(F)c1)[c]1cccc(F)c1. The van der Waals surface area contributed by atoms with Crippen LogP contribution in [0.5, 0.6) is 0 Å². The fraction of sp³-hybridized carbons (Fsp3) is 0.143. The Bertz CT molecular complexity index is 488. The second kappa shape index (κ2) is 4.76. The van der Waals surface area contributed by atoms with E-state index in [-0.39, 0.29) is 11.6 Å². The van der Waals surface area contributed by atoms with Gasteiger partial charge in [-0.1, -0.05) is 0 Å². The average molecular weight is 339 g/mol. The van der Waals surface area contributed by atoms with E-state index in [1.807, 2.05) is 12.1 Å². The summed E-state index contributed by atoms with van der Waals surface area (Å²) in [5, 5.41) is 0. The van der Waals surface area contributed by atoms with Crippen molar-refractivity contribution in [3.05, 3.63) is 60.2 Å². The van der Waals surface area contributed by atoms with E-state index in [1.54, 1.807) is 24.3 Å². The molecule has 2 aromatic carbocycles. The second-order valence-corrected chi connectivity index (χ2v) is 17.2. The molecule has 88 valence electrons. The van der Waals surface area contributed by atoms with Crippen LogP contribution in [0.25, 0.3) is 0 Å². The van der Waals surface area contributed by atoms with E-state index in [0.717, 1.165) is 7.16 Å². The molecule has 0 saturated heterocycles. The van der Waals surface area contributed by atoms with E-state index in [4.69, 9.17) is 0 Å². The van der Waals surface area contributed by atoms with Crippen LogP contribution in [0.15, 0.2) is 48.5 Å². The van der Waals surface area contributed by atoms with Gasteiger partial charge in [0.05, 0.1) is 0 Å². The van der Waals surface area contributed by atoms with Crippen molar-refractivity contribution in [2.24, 2.45) is 0 Å². The molecule has 0 atom stereocenters. The van der Waals surface area contributed by atoms with Crippen molar-refractivity contribution < 1.29 is 8.78 Å². The van der Waals surface area contributed by atoms with E-state index in [1.165, 1.54) is 12.1 Å². The molecule has 17 heavy (non-hydrogen) atoms. The first-order valence-corrected chi connectivity index (χ1v) is 14.1. The van der Waals surface area contributed by atoms with Gasteiger partial charge in [-0.15, -0.1) is 0 Å². The molecule has 0 radical (unpaired) electrons. The Morgan fingerprint density at radius 2 is 1.18 bits per heavy atom. The number of benzene rings is 2. The summed E-state index contributed by atoms with van der Waals surface area (Å²) in [5.41, 5.74) is 0. The van der Waals surface area contributed by atoms with Crippen molar-refractivity contribution in [3.63, 3.8) is 0 Å². The Labute approximate surface area is 104 Å². The average Bonchev–Trinajstić information content (AvgIpc) is 2.29. The van der Waals surface area contributed by atoms with Gasteiger partial charge < -0.3 is 0 Å². The monoisotopic (exact) mass is 340 g/mol. The first kappa shape index (κ1) is 12.6. The Kier molecular flexibility index (Phi) is 3.52. The first-order valence-electron chi connectivity index (χ1n) is 5.52. The van der Waals surface area contributed by atoms with Crippen LogP contribution in [0, 0.1) is 11.6 Å². The first-order chi connectivity index (χ1) is 8.00. The molecule has 0 aromatic heterocycles.